The Hall–Kier alpha value is 0.279. The summed E-state index contributed by atoms with van der Waals surface area (Å²) in [4.78, 5) is 0. The van der Waals surface area contributed by atoms with E-state index in [9.17, 15) is 0 Å². The third kappa shape index (κ3) is 1470. The summed E-state index contributed by atoms with van der Waals surface area (Å²) in [6.45, 7) is 0. The van der Waals surface area contributed by atoms with Crippen LogP contribution < -0.4 is 0 Å². The second-order valence-corrected chi connectivity index (χ2v) is 0. The van der Waals surface area contributed by atoms with Gasteiger partial charge in [-0.2, -0.15) is 0 Å². The minimum atomic E-state index is 0. The molecule has 0 aromatic heterocycles. The minimum Gasteiger partial charge on any atom is -2.00 e. The zero-order valence-electron chi connectivity index (χ0n) is 3.19. The van der Waals surface area contributed by atoms with Gasteiger partial charge in [-0.3, -0.25) is 0 Å². The molecule has 51 valence electrons. The Balaban J connectivity index is 0. The van der Waals surface area contributed by atoms with Crippen molar-refractivity contribution >= 4 is 0 Å². The van der Waals surface area contributed by atoms with Gasteiger partial charge in [0.2, 0.25) is 0 Å². The molecular weight excluding hydrogens is 151 g/mol. The van der Waals surface area contributed by atoms with Crippen molar-refractivity contribution in [2.45, 2.75) is 0 Å². The molecule has 8 N–H and O–H groups in total. The quantitative estimate of drug-likeness (QED) is 0.317. The van der Waals surface area contributed by atoms with Crippen molar-refractivity contribution in [1.29, 1.82) is 0 Å². The molecule has 0 aliphatic carbocycles. The predicted octanol–water partition coefficient (Wildman–Crippen LogP) is -3.54. The SMILES string of the molecule is O.O.O.O.[Mn+4].[O-2].[O-2]. The van der Waals surface area contributed by atoms with Crippen LogP contribution in [0.1, 0.15) is 0 Å². The van der Waals surface area contributed by atoms with Gasteiger partial charge in [0.15, 0.2) is 0 Å². The van der Waals surface area contributed by atoms with E-state index < -0.39 is 0 Å². The van der Waals surface area contributed by atoms with E-state index in [1.807, 2.05) is 0 Å². The monoisotopic (exact) mass is 159 g/mol. The molecule has 0 fully saturated rings. The van der Waals surface area contributed by atoms with Crippen molar-refractivity contribution in [3.63, 3.8) is 0 Å². The molecule has 0 aromatic rings. The zero-order valence-corrected chi connectivity index (χ0v) is 4.37. The van der Waals surface area contributed by atoms with E-state index in [0.29, 0.717) is 0 Å². The first-order valence-corrected chi connectivity index (χ1v) is 0. The first-order valence-electron chi connectivity index (χ1n) is 0. The normalized spacial score (nSPS) is 0. The molecule has 7 heavy (non-hydrogen) atoms. The van der Waals surface area contributed by atoms with E-state index in [-0.39, 0.29) is 49.9 Å². The van der Waals surface area contributed by atoms with Crippen LogP contribution >= 0.6 is 0 Å². The summed E-state index contributed by atoms with van der Waals surface area (Å²) in [5, 5.41) is 0. The van der Waals surface area contributed by atoms with Crippen molar-refractivity contribution < 1.29 is 49.9 Å². The summed E-state index contributed by atoms with van der Waals surface area (Å²) in [5.41, 5.74) is 0. The molecule has 0 atom stereocenters. The summed E-state index contributed by atoms with van der Waals surface area (Å²) in [6, 6.07) is 0. The predicted molar refractivity (Wildman–Crippen MR) is 15.8 cm³/mol. The van der Waals surface area contributed by atoms with Gasteiger partial charge in [-0.25, -0.2) is 0 Å². The van der Waals surface area contributed by atoms with Crippen LogP contribution in [0.3, 0.4) is 0 Å². The van der Waals surface area contributed by atoms with Crippen LogP contribution in [0, 0.1) is 0 Å². The van der Waals surface area contributed by atoms with Gasteiger partial charge in [0, 0.05) is 0 Å². The fourth-order valence-corrected chi connectivity index (χ4v) is 0. The molecule has 0 amide bonds. The van der Waals surface area contributed by atoms with Crippen LogP contribution in [0.15, 0.2) is 0 Å². The Morgan fingerprint density at radius 1 is 0.429 bits per heavy atom. The van der Waals surface area contributed by atoms with E-state index in [1.165, 1.54) is 0 Å². The fourth-order valence-electron chi connectivity index (χ4n) is 0. The summed E-state index contributed by atoms with van der Waals surface area (Å²) >= 11 is 0. The van der Waals surface area contributed by atoms with E-state index in [2.05, 4.69) is 0 Å². The molecule has 0 unspecified atom stereocenters. The maximum absolute atomic E-state index is 0. The van der Waals surface area contributed by atoms with Gasteiger partial charge in [0.1, 0.15) is 0 Å². The van der Waals surface area contributed by atoms with Crippen LogP contribution in [0.4, 0.5) is 0 Å². The molecule has 0 aliphatic rings. The molecule has 0 saturated carbocycles. The van der Waals surface area contributed by atoms with Crippen molar-refractivity contribution in [3.8, 4) is 0 Å². The van der Waals surface area contributed by atoms with Crippen LogP contribution in [0.5, 0.6) is 0 Å². The van der Waals surface area contributed by atoms with Gasteiger partial charge in [0.25, 0.3) is 0 Å². The van der Waals surface area contributed by atoms with Crippen molar-refractivity contribution in [3.05, 3.63) is 0 Å². The molecule has 0 bridgehead atoms. The van der Waals surface area contributed by atoms with Crippen LogP contribution in [0.2, 0.25) is 0 Å². The smallest absolute Gasteiger partial charge is 2.00 e. The van der Waals surface area contributed by atoms with E-state index >= 15 is 0 Å². The molecule has 0 spiro atoms. The fraction of sp³-hybridized carbons (Fsp3) is 0. The number of hydrogen-bond donors (Lipinski definition) is 0. The summed E-state index contributed by atoms with van der Waals surface area (Å²) in [6.07, 6.45) is 0. The summed E-state index contributed by atoms with van der Waals surface area (Å²) < 4.78 is 0. The molecule has 1 radical (unpaired) electrons. The Morgan fingerprint density at radius 3 is 0.429 bits per heavy atom. The maximum atomic E-state index is 0. The van der Waals surface area contributed by atoms with Crippen molar-refractivity contribution in [1.82, 2.24) is 0 Å². The zero-order chi connectivity index (χ0) is 0. The first kappa shape index (κ1) is 3670. The second kappa shape index (κ2) is 2240. The molecule has 6 nitrogen and oxygen atoms in total. The summed E-state index contributed by atoms with van der Waals surface area (Å²) in [5.74, 6) is 0. The largest absolute Gasteiger partial charge is 4.00 e. The molecular formula is H8MnO6. The van der Waals surface area contributed by atoms with Crippen LogP contribution in [-0.2, 0) is 28.0 Å². The Kier molecular flexibility index (Phi) is 1180000. The van der Waals surface area contributed by atoms with Gasteiger partial charge in [-0.15, -0.1) is 0 Å². The average molecular weight is 159 g/mol. The minimum absolute atomic E-state index is 0. The van der Waals surface area contributed by atoms with Gasteiger partial charge >= 0.3 is 17.1 Å². The average Bonchev–Trinajstić information content (AvgIpc) is 0. The Labute approximate surface area is 50.8 Å². The van der Waals surface area contributed by atoms with E-state index in [4.69, 9.17) is 0 Å². The van der Waals surface area contributed by atoms with Crippen molar-refractivity contribution in [2.75, 3.05) is 0 Å². The Morgan fingerprint density at radius 2 is 0.429 bits per heavy atom. The van der Waals surface area contributed by atoms with Crippen LogP contribution in [0.25, 0.3) is 0 Å². The third-order valence-corrected chi connectivity index (χ3v) is 0. The number of rotatable bonds is 0. The summed E-state index contributed by atoms with van der Waals surface area (Å²) in [7, 11) is 0. The van der Waals surface area contributed by atoms with Gasteiger partial charge in [0.05, 0.1) is 0 Å². The molecule has 0 saturated heterocycles. The molecule has 7 heteroatoms. The standard InChI is InChI=1S/Mn.4H2O.2O/h;4*1H2;;/q+4;;;;;2*-2. The Bertz CT molecular complexity index is 4.14. The van der Waals surface area contributed by atoms with Gasteiger partial charge in [-0.05, 0) is 0 Å². The van der Waals surface area contributed by atoms with Crippen molar-refractivity contribution in [2.24, 2.45) is 0 Å². The first-order chi connectivity index (χ1) is 0. The molecule has 0 aromatic carbocycles. The van der Waals surface area contributed by atoms with E-state index in [1.54, 1.807) is 0 Å². The topological polar surface area (TPSA) is 183 Å². The van der Waals surface area contributed by atoms with Gasteiger partial charge in [-0.1, -0.05) is 0 Å². The second-order valence-electron chi connectivity index (χ2n) is 0. The van der Waals surface area contributed by atoms with E-state index in [0.717, 1.165) is 0 Å². The number of hydrogen-bond acceptors (Lipinski definition) is 0. The maximum Gasteiger partial charge on any atom is 4.00 e. The molecule has 0 heterocycles. The molecule has 0 rings (SSSR count). The molecule has 0 aliphatic heterocycles. The third-order valence-electron chi connectivity index (χ3n) is 0. The van der Waals surface area contributed by atoms with Gasteiger partial charge < -0.3 is 32.9 Å². The van der Waals surface area contributed by atoms with Crippen LogP contribution in [-0.4, -0.2) is 21.9 Å².